The molecule has 1 amide bonds. The number of aromatic nitrogens is 2. The van der Waals surface area contributed by atoms with Crippen molar-refractivity contribution in [2.24, 2.45) is 0 Å². The predicted octanol–water partition coefficient (Wildman–Crippen LogP) is 5.83. The predicted molar refractivity (Wildman–Crippen MR) is 156 cm³/mol. The number of carbonyl (C=O) groups excluding carboxylic acids is 2. The molecule has 1 N–H and O–H groups in total. The van der Waals surface area contributed by atoms with Crippen LogP contribution in [0.15, 0.2) is 84.9 Å². The van der Waals surface area contributed by atoms with Crippen molar-refractivity contribution in [1.29, 1.82) is 0 Å². The van der Waals surface area contributed by atoms with Crippen molar-refractivity contribution in [3.63, 3.8) is 0 Å². The van der Waals surface area contributed by atoms with Crippen molar-refractivity contribution in [3.8, 4) is 0 Å². The minimum atomic E-state index is -1.01. The lowest BCUT2D eigenvalue weighted by molar-refractivity contribution is -0.123. The van der Waals surface area contributed by atoms with Crippen LogP contribution in [0.1, 0.15) is 39.8 Å². The fourth-order valence-electron chi connectivity index (χ4n) is 5.37. The number of hydrogen-bond donors (Lipinski definition) is 1. The zero-order chi connectivity index (χ0) is 27.6. The summed E-state index contributed by atoms with van der Waals surface area (Å²) in [7, 11) is 0. The molecule has 0 aliphatic carbocycles. The summed E-state index contributed by atoms with van der Waals surface area (Å²) in [4.78, 5) is 38.7. The molecule has 3 aromatic carbocycles. The van der Waals surface area contributed by atoms with Gasteiger partial charge in [-0.15, -0.1) is 0 Å². The molecule has 0 spiro atoms. The minimum absolute atomic E-state index is 0.401. The molecule has 0 bridgehead atoms. The topological polar surface area (TPSA) is 84.4 Å². The molecule has 6 rings (SSSR count). The number of amides is 1. The first kappa shape index (κ1) is 25.6. The van der Waals surface area contributed by atoms with Crippen molar-refractivity contribution < 1.29 is 14.3 Å². The number of nitrogens with one attached hydrogen (secondary N) is 1. The van der Waals surface area contributed by atoms with Crippen LogP contribution < -0.4 is 5.32 Å². The molecule has 1 aliphatic heterocycles. The van der Waals surface area contributed by atoms with Crippen LogP contribution >= 0.6 is 0 Å². The standard InChI is InChI=1S/C33H30N4O3/c1-21-18-30(24-12-6-8-14-27(24)34-21)36-32(38)22(2)40-33(39)31-25-13-7-9-15-28(25)35-29-16-17-37(20-26(29)31)19-23-10-4-3-5-11-23/h3-15,18,22H,16-17,19-20H2,1-2H3,(H,34,36,38). The van der Waals surface area contributed by atoms with E-state index in [-0.39, 0.29) is 0 Å². The minimum Gasteiger partial charge on any atom is -0.449 e. The Morgan fingerprint density at radius 3 is 2.38 bits per heavy atom. The van der Waals surface area contributed by atoms with Crippen molar-refractivity contribution >= 4 is 39.4 Å². The average molecular weight is 531 g/mol. The van der Waals surface area contributed by atoms with Gasteiger partial charge in [-0.25, -0.2) is 4.79 Å². The molecule has 0 saturated carbocycles. The third-order valence-corrected chi connectivity index (χ3v) is 7.33. The monoisotopic (exact) mass is 530 g/mol. The van der Waals surface area contributed by atoms with Crippen LogP contribution in [-0.4, -0.2) is 39.4 Å². The van der Waals surface area contributed by atoms with Gasteiger partial charge in [-0.2, -0.15) is 0 Å². The Balaban J connectivity index is 1.27. The van der Waals surface area contributed by atoms with Crippen molar-refractivity contribution in [2.75, 3.05) is 11.9 Å². The van der Waals surface area contributed by atoms with Crippen LogP contribution in [0, 0.1) is 6.92 Å². The number of anilines is 1. The summed E-state index contributed by atoms with van der Waals surface area (Å²) in [5.74, 6) is -0.920. The van der Waals surface area contributed by atoms with Crippen molar-refractivity contribution in [1.82, 2.24) is 14.9 Å². The summed E-state index contributed by atoms with van der Waals surface area (Å²) >= 11 is 0. The van der Waals surface area contributed by atoms with Gasteiger partial charge in [0.05, 0.1) is 22.3 Å². The van der Waals surface area contributed by atoms with E-state index in [1.807, 2.05) is 79.7 Å². The van der Waals surface area contributed by atoms with Gasteiger partial charge in [0.2, 0.25) is 0 Å². The maximum Gasteiger partial charge on any atom is 0.339 e. The zero-order valence-electron chi connectivity index (χ0n) is 22.6. The molecule has 3 heterocycles. The molecule has 0 fully saturated rings. The van der Waals surface area contributed by atoms with Gasteiger partial charge in [0.25, 0.3) is 5.91 Å². The summed E-state index contributed by atoms with van der Waals surface area (Å²) in [6.07, 6.45) is -0.274. The van der Waals surface area contributed by atoms with E-state index in [0.717, 1.165) is 58.3 Å². The van der Waals surface area contributed by atoms with E-state index in [4.69, 9.17) is 9.72 Å². The van der Waals surface area contributed by atoms with Gasteiger partial charge in [0, 0.05) is 53.8 Å². The fourth-order valence-corrected chi connectivity index (χ4v) is 5.37. The zero-order valence-corrected chi connectivity index (χ0v) is 22.6. The molecule has 1 unspecified atom stereocenters. The van der Waals surface area contributed by atoms with Gasteiger partial charge >= 0.3 is 5.97 Å². The quantitative estimate of drug-likeness (QED) is 0.278. The third-order valence-electron chi connectivity index (χ3n) is 7.33. The Labute approximate surface area is 232 Å². The van der Waals surface area contributed by atoms with Gasteiger partial charge in [-0.05, 0) is 37.6 Å². The Bertz CT molecular complexity index is 1740. The average Bonchev–Trinajstić information content (AvgIpc) is 2.96. The first-order chi connectivity index (χ1) is 19.5. The molecule has 5 aromatic rings. The Morgan fingerprint density at radius 2 is 1.60 bits per heavy atom. The van der Waals surface area contributed by atoms with Crippen molar-refractivity contribution in [3.05, 3.63) is 113 Å². The van der Waals surface area contributed by atoms with Crippen LogP contribution in [0.25, 0.3) is 21.8 Å². The lowest BCUT2D eigenvalue weighted by Crippen LogP contribution is -2.34. The number of nitrogens with zero attached hydrogens (tertiary/aromatic N) is 3. The molecular weight excluding hydrogens is 500 g/mol. The highest BCUT2D eigenvalue weighted by molar-refractivity contribution is 6.07. The molecule has 1 atom stereocenters. The molecule has 0 saturated heterocycles. The van der Waals surface area contributed by atoms with Crippen LogP contribution in [0.3, 0.4) is 0 Å². The highest BCUT2D eigenvalue weighted by Crippen LogP contribution is 2.30. The normalized spacial score (nSPS) is 14.1. The van der Waals surface area contributed by atoms with E-state index in [1.165, 1.54) is 5.56 Å². The van der Waals surface area contributed by atoms with Crippen LogP contribution in [0.5, 0.6) is 0 Å². The molecule has 200 valence electrons. The van der Waals surface area contributed by atoms with Gasteiger partial charge in [-0.3, -0.25) is 19.7 Å². The first-order valence-corrected chi connectivity index (χ1v) is 13.5. The Morgan fingerprint density at radius 1 is 0.925 bits per heavy atom. The number of carbonyl (C=O) groups is 2. The van der Waals surface area contributed by atoms with E-state index >= 15 is 0 Å². The number of benzene rings is 3. The van der Waals surface area contributed by atoms with E-state index in [0.29, 0.717) is 17.8 Å². The number of ether oxygens (including phenoxy) is 1. The summed E-state index contributed by atoms with van der Waals surface area (Å²) in [5.41, 5.74) is 6.45. The first-order valence-electron chi connectivity index (χ1n) is 13.5. The molecular formula is C33H30N4O3. The third kappa shape index (κ3) is 5.16. The second kappa shape index (κ2) is 10.9. The van der Waals surface area contributed by atoms with Gasteiger partial charge < -0.3 is 10.1 Å². The van der Waals surface area contributed by atoms with Crippen LogP contribution in [0.2, 0.25) is 0 Å². The number of rotatable bonds is 6. The number of pyridine rings is 2. The highest BCUT2D eigenvalue weighted by Gasteiger charge is 2.29. The molecule has 7 nitrogen and oxygen atoms in total. The number of hydrogen-bond acceptors (Lipinski definition) is 6. The maximum absolute atomic E-state index is 13.8. The van der Waals surface area contributed by atoms with Crippen molar-refractivity contribution in [2.45, 2.75) is 39.5 Å². The lowest BCUT2D eigenvalue weighted by atomic mass is 9.95. The maximum atomic E-state index is 13.8. The largest absolute Gasteiger partial charge is 0.449 e. The molecule has 7 heteroatoms. The second-order valence-electron chi connectivity index (χ2n) is 10.2. The molecule has 40 heavy (non-hydrogen) atoms. The smallest absolute Gasteiger partial charge is 0.339 e. The SMILES string of the molecule is Cc1cc(NC(=O)C(C)OC(=O)c2c3c(nc4ccccc24)CCN(Cc2ccccc2)C3)c2ccccc2n1. The summed E-state index contributed by atoms with van der Waals surface area (Å²) in [6, 6.07) is 27.4. The number of esters is 1. The van der Waals surface area contributed by atoms with E-state index in [9.17, 15) is 9.59 Å². The summed E-state index contributed by atoms with van der Waals surface area (Å²) in [5, 5.41) is 4.50. The fraction of sp³-hybridized carbons (Fsp3) is 0.212. The van der Waals surface area contributed by atoms with E-state index in [1.54, 1.807) is 6.92 Å². The number of para-hydroxylation sites is 2. The number of fused-ring (bicyclic) bond motifs is 3. The summed E-state index contributed by atoms with van der Waals surface area (Å²) in [6.45, 7) is 5.68. The molecule has 0 radical (unpaired) electrons. The Kier molecular flexibility index (Phi) is 6.97. The van der Waals surface area contributed by atoms with Crippen LogP contribution in [0.4, 0.5) is 5.69 Å². The second-order valence-corrected chi connectivity index (χ2v) is 10.2. The van der Waals surface area contributed by atoms with Gasteiger partial charge in [0.1, 0.15) is 0 Å². The highest BCUT2D eigenvalue weighted by atomic mass is 16.5. The van der Waals surface area contributed by atoms with E-state index in [2.05, 4.69) is 27.3 Å². The molecule has 1 aliphatic rings. The summed E-state index contributed by atoms with van der Waals surface area (Å²) < 4.78 is 5.83. The van der Waals surface area contributed by atoms with Crippen LogP contribution in [-0.2, 0) is 29.0 Å². The Hall–Kier alpha value is -4.62. The molecule has 2 aromatic heterocycles. The van der Waals surface area contributed by atoms with Gasteiger partial charge in [-0.1, -0.05) is 66.7 Å². The van der Waals surface area contributed by atoms with Gasteiger partial charge in [0.15, 0.2) is 6.10 Å². The van der Waals surface area contributed by atoms with E-state index < -0.39 is 18.0 Å². The lowest BCUT2D eigenvalue weighted by Gasteiger charge is -2.30. The number of aryl methyl sites for hydroxylation is 1.